The van der Waals surface area contributed by atoms with Crippen molar-refractivity contribution in [2.24, 2.45) is 5.41 Å². The fourth-order valence-corrected chi connectivity index (χ4v) is 6.60. The molecule has 49 heavy (non-hydrogen) atoms. The van der Waals surface area contributed by atoms with E-state index in [2.05, 4.69) is 11.4 Å². The minimum absolute atomic E-state index is 0. The number of likely N-dealkylation sites (N-methyl/N-ethyl adjacent to an activating group) is 1. The van der Waals surface area contributed by atoms with E-state index in [1.807, 2.05) is 20.8 Å². The molecule has 1 heterocycles. The van der Waals surface area contributed by atoms with Crippen molar-refractivity contribution in [2.75, 3.05) is 27.8 Å². The van der Waals surface area contributed by atoms with Gasteiger partial charge in [-0.05, 0) is 47.7 Å². The zero-order valence-corrected chi connectivity index (χ0v) is 30.2. The van der Waals surface area contributed by atoms with Gasteiger partial charge < -0.3 is 19.7 Å². The number of Topliss-reactive ketones (excluding diaryl/α,β-unsaturated/α-hetero) is 1. The Balaban J connectivity index is 0.00000650. The fourth-order valence-electron chi connectivity index (χ4n) is 6.26. The highest BCUT2D eigenvalue weighted by atomic mass is 35.5. The first-order valence-corrected chi connectivity index (χ1v) is 15.9. The molecule has 262 valence electrons. The molecule has 4 rings (SSSR count). The van der Waals surface area contributed by atoms with Crippen molar-refractivity contribution in [1.29, 1.82) is 5.26 Å². The van der Waals surface area contributed by atoms with Crippen LogP contribution in [0.25, 0.3) is 0 Å². The van der Waals surface area contributed by atoms with E-state index in [0.717, 1.165) is 6.07 Å². The predicted molar refractivity (Wildman–Crippen MR) is 186 cm³/mol. The zero-order valence-electron chi connectivity index (χ0n) is 27.9. The van der Waals surface area contributed by atoms with Crippen LogP contribution in [0.5, 0.6) is 5.75 Å². The molecule has 0 radical (unpaired) electrons. The van der Waals surface area contributed by atoms with Crippen molar-refractivity contribution in [3.05, 3.63) is 98.5 Å². The van der Waals surface area contributed by atoms with Crippen LogP contribution in [-0.4, -0.2) is 62.5 Å². The molecule has 3 aromatic carbocycles. The lowest BCUT2D eigenvalue weighted by molar-refractivity contribution is -0.132. The van der Waals surface area contributed by atoms with Crippen molar-refractivity contribution < 1.29 is 32.6 Å². The van der Waals surface area contributed by atoms with E-state index in [1.165, 1.54) is 74.6 Å². The second-order valence-corrected chi connectivity index (χ2v) is 14.1. The van der Waals surface area contributed by atoms with Crippen LogP contribution in [0.4, 0.5) is 8.78 Å². The number of nitrogens with zero attached hydrogens (tertiary/aromatic N) is 2. The molecule has 0 aromatic heterocycles. The molecular weight excluding hydrogens is 699 g/mol. The van der Waals surface area contributed by atoms with E-state index in [1.54, 1.807) is 0 Å². The first kappa shape index (κ1) is 39.7. The highest BCUT2D eigenvalue weighted by Crippen LogP contribution is 2.53. The van der Waals surface area contributed by atoms with Crippen LogP contribution in [-0.2, 0) is 26.2 Å². The summed E-state index contributed by atoms with van der Waals surface area (Å²) in [4.78, 5) is 40.2. The highest BCUT2D eigenvalue weighted by molar-refractivity contribution is 6.31. The van der Waals surface area contributed by atoms with Crippen molar-refractivity contribution in [1.82, 2.24) is 10.2 Å². The molecule has 0 unspecified atom stereocenters. The molecule has 0 aliphatic carbocycles. The average molecular weight is 737 g/mol. The Morgan fingerprint density at radius 1 is 1.06 bits per heavy atom. The van der Waals surface area contributed by atoms with E-state index in [9.17, 15) is 19.6 Å². The lowest BCUT2D eigenvalue weighted by atomic mass is 9.62. The van der Waals surface area contributed by atoms with Crippen LogP contribution < -0.4 is 10.1 Å². The summed E-state index contributed by atoms with van der Waals surface area (Å²) in [5, 5.41) is 14.3. The Hall–Kier alpha value is -3.75. The fraction of sp³-hybridized carbons (Fsp3) is 0.389. The number of ketones is 1. The zero-order chi connectivity index (χ0) is 35.6. The van der Waals surface area contributed by atoms with E-state index in [0.29, 0.717) is 12.0 Å². The van der Waals surface area contributed by atoms with Crippen molar-refractivity contribution >= 4 is 53.3 Å². The van der Waals surface area contributed by atoms with Crippen LogP contribution >= 0.6 is 35.6 Å². The first-order valence-electron chi connectivity index (χ1n) is 15.2. The Labute approximate surface area is 301 Å². The summed E-state index contributed by atoms with van der Waals surface area (Å²) in [6.45, 7) is 5.40. The SMILES string of the molecule is COc1cc(C(=O)OCC(=O)N(C)C)ccc1CC(=O)[C@@H]1N[C@@H](CC(C)(C)C)[C@](C#N)(c2ccc(Cl)cc2F)[C@H]1c1cccc(Cl)c1F.Cl. The van der Waals surface area contributed by atoms with Crippen molar-refractivity contribution in [3.8, 4) is 11.8 Å². The maximum Gasteiger partial charge on any atom is 0.338 e. The molecule has 1 aliphatic heterocycles. The van der Waals surface area contributed by atoms with Gasteiger partial charge in [0.05, 0.1) is 29.8 Å². The summed E-state index contributed by atoms with van der Waals surface area (Å²) in [6, 6.07) is 13.0. The Bertz CT molecular complexity index is 1780. The molecule has 1 N–H and O–H groups in total. The number of hydrogen-bond donors (Lipinski definition) is 1. The Kier molecular flexibility index (Phi) is 12.8. The molecule has 1 aliphatic rings. The van der Waals surface area contributed by atoms with Gasteiger partial charge in [0.2, 0.25) is 0 Å². The first-order chi connectivity index (χ1) is 22.5. The van der Waals surface area contributed by atoms with Crippen LogP contribution in [0.15, 0.2) is 54.6 Å². The van der Waals surface area contributed by atoms with E-state index >= 15 is 8.78 Å². The predicted octanol–water partition coefficient (Wildman–Crippen LogP) is 7.08. The Morgan fingerprint density at radius 3 is 2.35 bits per heavy atom. The van der Waals surface area contributed by atoms with Gasteiger partial charge in [-0.2, -0.15) is 5.26 Å². The summed E-state index contributed by atoms with van der Waals surface area (Å²) in [6.07, 6.45) is 0.0718. The lowest BCUT2D eigenvalue weighted by Crippen LogP contribution is -2.44. The van der Waals surface area contributed by atoms with Crippen LogP contribution in [0.2, 0.25) is 10.0 Å². The number of esters is 1. The van der Waals surface area contributed by atoms with Gasteiger partial charge in [0.1, 0.15) is 22.8 Å². The van der Waals surface area contributed by atoms with Crippen molar-refractivity contribution in [3.63, 3.8) is 0 Å². The van der Waals surface area contributed by atoms with Gasteiger partial charge in [-0.3, -0.25) is 9.59 Å². The van der Waals surface area contributed by atoms with Crippen LogP contribution in [0, 0.1) is 28.4 Å². The number of nitrogens with one attached hydrogen (secondary N) is 1. The van der Waals surface area contributed by atoms with Gasteiger partial charge in [-0.1, -0.05) is 68.2 Å². The molecule has 8 nitrogen and oxygen atoms in total. The number of halogens is 5. The molecule has 13 heteroatoms. The monoisotopic (exact) mass is 735 g/mol. The van der Waals surface area contributed by atoms with Crippen molar-refractivity contribution in [2.45, 2.75) is 57.0 Å². The third kappa shape index (κ3) is 8.35. The second kappa shape index (κ2) is 15.9. The van der Waals surface area contributed by atoms with E-state index < -0.39 is 64.7 Å². The second-order valence-electron chi connectivity index (χ2n) is 13.2. The van der Waals surface area contributed by atoms with Crippen LogP contribution in [0.1, 0.15) is 60.2 Å². The number of nitriles is 1. The molecule has 4 atom stereocenters. The average Bonchev–Trinajstić information content (AvgIpc) is 3.33. The molecule has 0 bridgehead atoms. The molecule has 3 aromatic rings. The van der Waals surface area contributed by atoms with E-state index in [-0.39, 0.29) is 51.3 Å². The third-order valence-corrected chi connectivity index (χ3v) is 9.04. The number of benzene rings is 3. The number of ether oxygens (including phenoxy) is 2. The summed E-state index contributed by atoms with van der Waals surface area (Å²) in [5.41, 5.74) is -1.71. The van der Waals surface area contributed by atoms with Gasteiger partial charge >= 0.3 is 5.97 Å². The van der Waals surface area contributed by atoms with Gasteiger partial charge in [0.25, 0.3) is 5.91 Å². The lowest BCUT2D eigenvalue weighted by Gasteiger charge is -2.37. The summed E-state index contributed by atoms with van der Waals surface area (Å²) in [5.74, 6) is -4.19. The normalized spacial score (nSPS) is 20.1. The Morgan fingerprint density at radius 2 is 1.76 bits per heavy atom. The van der Waals surface area contributed by atoms with Gasteiger partial charge in [0, 0.05) is 48.6 Å². The smallest absolute Gasteiger partial charge is 0.338 e. The number of rotatable bonds is 10. The van der Waals surface area contributed by atoms with Crippen LogP contribution in [0.3, 0.4) is 0 Å². The summed E-state index contributed by atoms with van der Waals surface area (Å²) in [7, 11) is 4.44. The number of carbonyl (C=O) groups is 3. The number of methoxy groups -OCH3 is 1. The van der Waals surface area contributed by atoms with Gasteiger partial charge in [-0.25, -0.2) is 13.6 Å². The molecule has 1 amide bonds. The molecule has 1 fully saturated rings. The number of carbonyl (C=O) groups excluding carboxylic acids is 3. The van der Waals surface area contributed by atoms with Gasteiger partial charge in [0.15, 0.2) is 12.4 Å². The quantitative estimate of drug-likeness (QED) is 0.222. The molecule has 0 spiro atoms. The largest absolute Gasteiger partial charge is 0.496 e. The number of amides is 1. The van der Waals surface area contributed by atoms with E-state index in [4.69, 9.17) is 32.7 Å². The summed E-state index contributed by atoms with van der Waals surface area (Å²) < 4.78 is 42.4. The minimum atomic E-state index is -1.77. The summed E-state index contributed by atoms with van der Waals surface area (Å²) >= 11 is 12.3. The molecule has 1 saturated heterocycles. The maximum absolute atomic E-state index is 16.0. The standard InChI is InChI=1S/C36H37Cl2F2N3O5.ClH/c1-35(2,3)17-29-36(19-41,24-13-12-22(37)16-26(24)39)31(23-8-7-9-25(38)32(23)40)33(42-29)27(44)14-20-10-11-21(15-28(20)47-6)34(46)48-18-30(45)43(4)5;/h7-13,15-16,29,31,33,42H,14,17-18H2,1-6H3;1H/t29-,31-,33-,36-;/m0./s1. The third-order valence-electron chi connectivity index (χ3n) is 8.51. The topological polar surface area (TPSA) is 109 Å². The van der Waals surface area contributed by atoms with Gasteiger partial charge in [-0.15, -0.1) is 12.4 Å². The number of hydrogen-bond acceptors (Lipinski definition) is 7. The maximum atomic E-state index is 16.0. The molecule has 0 saturated carbocycles. The highest BCUT2D eigenvalue weighted by Gasteiger charge is 2.60. The molecular formula is C36H38Cl3F2N3O5. The minimum Gasteiger partial charge on any atom is -0.496 e.